The lowest BCUT2D eigenvalue weighted by Gasteiger charge is -2.35. The Morgan fingerprint density at radius 1 is 1.46 bits per heavy atom. The van der Waals surface area contributed by atoms with Crippen molar-refractivity contribution < 1.29 is 5.11 Å². The lowest BCUT2D eigenvalue weighted by Crippen LogP contribution is -2.46. The maximum absolute atomic E-state index is 9.13. The number of aliphatic hydroxyl groups excluding tert-OH is 1. The lowest BCUT2D eigenvalue weighted by molar-refractivity contribution is 0.109. The van der Waals surface area contributed by atoms with Gasteiger partial charge in [0, 0.05) is 32.0 Å². The highest BCUT2D eigenvalue weighted by atomic mass is 16.3. The van der Waals surface area contributed by atoms with E-state index in [9.17, 15) is 0 Å². The van der Waals surface area contributed by atoms with Gasteiger partial charge in [-0.1, -0.05) is 0 Å². The van der Waals surface area contributed by atoms with E-state index in [2.05, 4.69) is 23.6 Å². The molecule has 0 bridgehead atoms. The van der Waals surface area contributed by atoms with Crippen LogP contribution in [0.25, 0.3) is 4.85 Å². The molecular formula is C10H18N2O. The Labute approximate surface area is 80.2 Å². The first kappa shape index (κ1) is 10.5. The molecule has 0 radical (unpaired) electrons. The summed E-state index contributed by atoms with van der Waals surface area (Å²) >= 11 is 0. The van der Waals surface area contributed by atoms with Gasteiger partial charge in [-0.05, 0) is 13.8 Å². The average Bonchev–Trinajstić information content (AvgIpc) is 2.18. The van der Waals surface area contributed by atoms with Gasteiger partial charge in [-0.2, -0.15) is 0 Å². The predicted octanol–water partition coefficient (Wildman–Crippen LogP) is 1.14. The fourth-order valence-electron chi connectivity index (χ4n) is 1.76. The standard InChI is InChI=1S/C10H18N2O/c1-9(2)12-6-4-10(8-13,11-3)5-7-12/h9,13H,4-8H2,1-2H3. The third-order valence-electron chi connectivity index (χ3n) is 2.99. The lowest BCUT2D eigenvalue weighted by atomic mass is 9.89. The van der Waals surface area contributed by atoms with Gasteiger partial charge in [0.2, 0.25) is 0 Å². The van der Waals surface area contributed by atoms with Crippen LogP contribution in [0.1, 0.15) is 26.7 Å². The second-order valence-electron chi connectivity index (χ2n) is 4.12. The van der Waals surface area contributed by atoms with E-state index in [0.29, 0.717) is 6.04 Å². The summed E-state index contributed by atoms with van der Waals surface area (Å²) < 4.78 is 0. The predicted molar refractivity (Wildman–Crippen MR) is 52.4 cm³/mol. The quantitative estimate of drug-likeness (QED) is 0.649. The molecule has 1 aliphatic heterocycles. The van der Waals surface area contributed by atoms with Gasteiger partial charge in [-0.15, -0.1) is 0 Å². The third kappa shape index (κ3) is 2.20. The molecule has 0 aliphatic carbocycles. The van der Waals surface area contributed by atoms with Crippen LogP contribution in [0.5, 0.6) is 0 Å². The monoisotopic (exact) mass is 182 g/mol. The Hall–Kier alpha value is -0.590. The highest BCUT2D eigenvalue weighted by molar-refractivity contribution is 5.02. The molecule has 1 N–H and O–H groups in total. The minimum atomic E-state index is -0.467. The highest BCUT2D eigenvalue weighted by Gasteiger charge is 2.40. The molecule has 0 atom stereocenters. The van der Waals surface area contributed by atoms with Gasteiger partial charge in [0.05, 0.1) is 0 Å². The van der Waals surface area contributed by atoms with Crippen molar-refractivity contribution in [1.82, 2.24) is 4.90 Å². The molecule has 13 heavy (non-hydrogen) atoms. The molecule has 3 heteroatoms. The highest BCUT2D eigenvalue weighted by Crippen LogP contribution is 2.26. The van der Waals surface area contributed by atoms with Crippen molar-refractivity contribution in [2.45, 2.75) is 38.3 Å². The van der Waals surface area contributed by atoms with Crippen LogP contribution in [0.3, 0.4) is 0 Å². The molecule has 1 saturated heterocycles. The second-order valence-corrected chi connectivity index (χ2v) is 4.12. The van der Waals surface area contributed by atoms with Crippen LogP contribution in [-0.4, -0.2) is 41.3 Å². The SMILES string of the molecule is [C-]#[N+]C1(CO)CCN(C(C)C)CC1. The summed E-state index contributed by atoms with van der Waals surface area (Å²) in [7, 11) is 0. The molecule has 1 heterocycles. The number of rotatable bonds is 2. The van der Waals surface area contributed by atoms with E-state index in [1.165, 1.54) is 0 Å². The summed E-state index contributed by atoms with van der Waals surface area (Å²) in [4.78, 5) is 5.92. The molecule has 0 amide bonds. The molecule has 74 valence electrons. The minimum Gasteiger partial charge on any atom is -0.388 e. The summed E-state index contributed by atoms with van der Waals surface area (Å²) in [6, 6.07) is 0.558. The minimum absolute atomic E-state index is 0.0163. The molecule has 3 nitrogen and oxygen atoms in total. The summed E-state index contributed by atoms with van der Waals surface area (Å²) in [5.74, 6) is 0. The summed E-state index contributed by atoms with van der Waals surface area (Å²) in [5.41, 5.74) is -0.467. The van der Waals surface area contributed by atoms with E-state index in [1.807, 2.05) is 0 Å². The van der Waals surface area contributed by atoms with Crippen LogP contribution in [0.4, 0.5) is 0 Å². The van der Waals surface area contributed by atoms with Crippen LogP contribution < -0.4 is 0 Å². The topological polar surface area (TPSA) is 27.8 Å². The van der Waals surface area contributed by atoms with E-state index >= 15 is 0 Å². The third-order valence-corrected chi connectivity index (χ3v) is 2.99. The number of hydrogen-bond acceptors (Lipinski definition) is 2. The van der Waals surface area contributed by atoms with E-state index in [1.54, 1.807) is 0 Å². The summed E-state index contributed by atoms with van der Waals surface area (Å²) in [6.07, 6.45) is 1.62. The summed E-state index contributed by atoms with van der Waals surface area (Å²) in [5, 5.41) is 9.13. The molecule has 0 aromatic carbocycles. The van der Waals surface area contributed by atoms with E-state index in [-0.39, 0.29) is 6.61 Å². The van der Waals surface area contributed by atoms with Crippen LogP contribution in [0.15, 0.2) is 0 Å². The first-order chi connectivity index (χ1) is 6.13. The number of piperidine rings is 1. The van der Waals surface area contributed by atoms with Crippen molar-refractivity contribution in [3.63, 3.8) is 0 Å². The van der Waals surface area contributed by atoms with Gasteiger partial charge in [0.15, 0.2) is 0 Å². The van der Waals surface area contributed by atoms with Crippen LogP contribution in [0.2, 0.25) is 0 Å². The molecule has 1 fully saturated rings. The zero-order chi connectivity index (χ0) is 9.90. The molecule has 0 spiro atoms. The smallest absolute Gasteiger partial charge is 0.257 e. The zero-order valence-electron chi connectivity index (χ0n) is 8.45. The van der Waals surface area contributed by atoms with E-state index in [4.69, 9.17) is 11.7 Å². The van der Waals surface area contributed by atoms with Gasteiger partial charge >= 0.3 is 0 Å². The Bertz CT molecular complexity index is 199. The fourth-order valence-corrected chi connectivity index (χ4v) is 1.76. The normalized spacial score (nSPS) is 23.0. The van der Waals surface area contributed by atoms with Gasteiger partial charge < -0.3 is 14.9 Å². The largest absolute Gasteiger partial charge is 0.388 e. The maximum atomic E-state index is 9.13. The van der Waals surface area contributed by atoms with Crippen LogP contribution in [-0.2, 0) is 0 Å². The van der Waals surface area contributed by atoms with Crippen molar-refractivity contribution in [2.24, 2.45) is 0 Å². The molecule has 0 unspecified atom stereocenters. The Morgan fingerprint density at radius 3 is 2.31 bits per heavy atom. The number of aliphatic hydroxyl groups is 1. The van der Waals surface area contributed by atoms with Crippen LogP contribution >= 0.6 is 0 Å². The molecule has 0 aromatic heterocycles. The van der Waals surface area contributed by atoms with Crippen molar-refractivity contribution in [3.05, 3.63) is 11.4 Å². The van der Waals surface area contributed by atoms with Gasteiger partial charge in [-0.3, -0.25) is 0 Å². The average molecular weight is 182 g/mol. The Morgan fingerprint density at radius 2 is 2.00 bits per heavy atom. The molecular weight excluding hydrogens is 164 g/mol. The van der Waals surface area contributed by atoms with Crippen LogP contribution in [0, 0.1) is 6.57 Å². The number of nitrogens with zero attached hydrogens (tertiary/aromatic N) is 2. The van der Waals surface area contributed by atoms with E-state index < -0.39 is 5.54 Å². The van der Waals surface area contributed by atoms with Crippen molar-refractivity contribution in [1.29, 1.82) is 0 Å². The van der Waals surface area contributed by atoms with Crippen molar-refractivity contribution in [3.8, 4) is 0 Å². The van der Waals surface area contributed by atoms with Crippen molar-refractivity contribution in [2.75, 3.05) is 19.7 Å². The second kappa shape index (κ2) is 4.08. The van der Waals surface area contributed by atoms with Crippen molar-refractivity contribution >= 4 is 0 Å². The Balaban J connectivity index is 2.51. The molecule has 0 saturated carbocycles. The first-order valence-electron chi connectivity index (χ1n) is 4.87. The maximum Gasteiger partial charge on any atom is 0.257 e. The fraction of sp³-hybridized carbons (Fsp3) is 0.900. The number of likely N-dealkylation sites (tertiary alicyclic amines) is 1. The van der Waals surface area contributed by atoms with Gasteiger partial charge in [0.1, 0.15) is 6.61 Å². The van der Waals surface area contributed by atoms with E-state index in [0.717, 1.165) is 25.9 Å². The molecule has 1 rings (SSSR count). The number of hydrogen-bond donors (Lipinski definition) is 1. The molecule has 1 aliphatic rings. The van der Waals surface area contributed by atoms with Gasteiger partial charge in [0.25, 0.3) is 5.54 Å². The first-order valence-corrected chi connectivity index (χ1v) is 4.87. The zero-order valence-corrected chi connectivity index (χ0v) is 8.45. The molecule has 0 aromatic rings. The summed E-state index contributed by atoms with van der Waals surface area (Å²) in [6.45, 7) is 13.3. The van der Waals surface area contributed by atoms with Gasteiger partial charge in [-0.25, -0.2) is 6.57 Å². The Kier molecular flexibility index (Phi) is 3.29.